The first-order valence-corrected chi connectivity index (χ1v) is 3.46. The molecule has 0 atom stereocenters. The molecule has 0 saturated carbocycles. The molecular weight excluding hydrogens is 466 g/mol. The molecule has 0 amide bonds. The summed E-state index contributed by atoms with van der Waals surface area (Å²) in [5.74, 6) is 0. The van der Waals surface area contributed by atoms with Crippen molar-refractivity contribution < 1.29 is 19.5 Å². The Morgan fingerprint density at radius 3 is 1.50 bits per heavy atom. The Morgan fingerprint density at radius 2 is 1.50 bits per heavy atom. The molecule has 0 aliphatic carbocycles. The van der Waals surface area contributed by atoms with E-state index in [-0.39, 0.29) is 64.1 Å². The van der Waals surface area contributed by atoms with Gasteiger partial charge in [0.15, 0.2) is 17.4 Å². The predicted octanol–water partition coefficient (Wildman–Crippen LogP) is -4.32. The van der Waals surface area contributed by atoms with Gasteiger partial charge in [0.2, 0.25) is 0 Å². The van der Waals surface area contributed by atoms with E-state index in [2.05, 4.69) is 4.77 Å². The molecule has 0 aliphatic rings. The summed E-state index contributed by atoms with van der Waals surface area (Å²) in [7, 11) is 1.27. The second-order valence-corrected chi connectivity index (χ2v) is 5.20. The third-order valence-corrected chi connectivity index (χ3v) is 0. The van der Waals surface area contributed by atoms with Crippen molar-refractivity contribution in [3.8, 4) is 0 Å². The summed E-state index contributed by atoms with van der Waals surface area (Å²) in [5.41, 5.74) is 0. The minimum absolute atomic E-state index is 0. The second-order valence-electron chi connectivity index (χ2n) is 0.258. The summed E-state index contributed by atoms with van der Waals surface area (Å²) in [6.07, 6.45) is 0. The number of rotatable bonds is 0. The van der Waals surface area contributed by atoms with E-state index in [1.165, 1.54) is 10.1 Å². The van der Waals surface area contributed by atoms with Crippen molar-refractivity contribution >= 4 is 81.6 Å². The SMILES string of the molecule is [AlH3].[PbH2].[SiH3][B][TeH].[Zn]. The summed E-state index contributed by atoms with van der Waals surface area (Å²) in [5, 5.41) is 0. The van der Waals surface area contributed by atoms with Crippen molar-refractivity contribution in [2.75, 3.05) is 0 Å². The standard InChI is InChI=1S/Al.BH4SiTe.Pb.Zn.5H/c;2-1-3;;;;;;;/h;3H,2H3;;;;;;;. The molecule has 6 heteroatoms. The van der Waals surface area contributed by atoms with E-state index in [0.717, 1.165) is 0 Å². The van der Waals surface area contributed by atoms with E-state index in [9.17, 15) is 0 Å². The van der Waals surface area contributed by atoms with Gasteiger partial charge < -0.3 is 0 Å². The first-order chi connectivity index (χ1) is 1.41. The Hall–Kier alpha value is 3.15. The maximum Gasteiger partial charge on any atom is 0 e. The maximum atomic E-state index is 2.19. The fourth-order valence-corrected chi connectivity index (χ4v) is 0. The van der Waals surface area contributed by atoms with Crippen molar-refractivity contribution in [1.29, 1.82) is 0 Å². The van der Waals surface area contributed by atoms with Crippen molar-refractivity contribution in [2.24, 2.45) is 0 Å². The molecule has 3 radical (unpaired) electrons. The van der Waals surface area contributed by atoms with Gasteiger partial charge in [-0.05, 0) is 0 Å². The van der Waals surface area contributed by atoms with Crippen molar-refractivity contribution in [3.63, 3.8) is 0 Å². The van der Waals surface area contributed by atoms with Crippen LogP contribution in [0.3, 0.4) is 0 Å². The average molecular weight is 475 g/mol. The molecule has 0 spiro atoms. The first-order valence-electron chi connectivity index (χ1n) is 0.836. The molecule has 0 nitrogen and oxygen atoms in total. The van der Waals surface area contributed by atoms with Crippen molar-refractivity contribution in [2.45, 2.75) is 0 Å². The van der Waals surface area contributed by atoms with E-state index in [4.69, 9.17) is 0 Å². The molecule has 0 unspecified atom stereocenters. The second kappa shape index (κ2) is 24.2. The van der Waals surface area contributed by atoms with Gasteiger partial charge in [0.25, 0.3) is 0 Å². The third kappa shape index (κ3) is 27.3. The van der Waals surface area contributed by atoms with Gasteiger partial charge in [-0.25, -0.2) is 0 Å². The maximum absolute atomic E-state index is 2.19. The van der Waals surface area contributed by atoms with Crippen LogP contribution >= 0.6 is 0 Å². The topological polar surface area (TPSA) is 0 Å². The molecule has 6 heavy (non-hydrogen) atoms. The first kappa shape index (κ1) is 22.9. The van der Waals surface area contributed by atoms with Crippen molar-refractivity contribution in [3.05, 3.63) is 0 Å². The predicted molar refractivity (Wildman–Crippen MR) is 41.3 cm³/mol. The molecule has 0 aliphatic heterocycles. The summed E-state index contributed by atoms with van der Waals surface area (Å²) in [6, 6.07) is 0. The molecule has 0 saturated heterocycles. The number of hydrogen-bond donors (Lipinski definition) is 0. The van der Waals surface area contributed by atoms with Crippen LogP contribution in [0.4, 0.5) is 0 Å². The van der Waals surface area contributed by atoms with Crippen molar-refractivity contribution in [1.82, 2.24) is 0 Å². The molecule has 0 aromatic rings. The smallest absolute Gasteiger partial charge is 0 e. The van der Waals surface area contributed by atoms with E-state index in [0.29, 0.717) is 0 Å². The van der Waals surface area contributed by atoms with E-state index >= 15 is 0 Å². The zero-order valence-corrected chi connectivity index (χ0v) is 16.5. The van der Waals surface area contributed by atoms with Crippen LogP contribution in [-0.4, -0.2) is 81.6 Å². The van der Waals surface area contributed by atoms with Gasteiger partial charge in [0.1, 0.15) is 0 Å². The van der Waals surface area contributed by atoms with Crippen LogP contribution in [0.1, 0.15) is 0 Å². The summed E-state index contributed by atoms with van der Waals surface area (Å²) >= 11 is 1.79. The molecule has 0 N–H and O–H groups in total. The monoisotopic (exact) mass is 477 g/mol. The van der Waals surface area contributed by atoms with Crippen LogP contribution in [-0.2, 0) is 19.5 Å². The summed E-state index contributed by atoms with van der Waals surface area (Å²) < 4.78 is 2.19. The Morgan fingerprint density at radius 1 is 1.50 bits per heavy atom. The normalized spacial score (nSPS) is 2.83. The van der Waals surface area contributed by atoms with Gasteiger partial charge >= 0.3 is 64.3 Å². The molecule has 0 heterocycles. The Kier molecular flexibility index (Phi) is 92.4. The summed E-state index contributed by atoms with van der Waals surface area (Å²) in [6.45, 7) is 0. The average Bonchev–Trinajstić information content (AvgIpc) is 0.918. The molecule has 0 bridgehead atoms. The van der Waals surface area contributed by atoms with Gasteiger partial charge in [0, 0.05) is 19.5 Å². The van der Waals surface area contributed by atoms with Gasteiger partial charge in [0.05, 0.1) is 0 Å². The third-order valence-electron chi connectivity index (χ3n) is 0. The molecule has 0 fully saturated rings. The van der Waals surface area contributed by atoms with Crippen LogP contribution in [0.2, 0.25) is 0 Å². The fraction of sp³-hybridized carbons (Fsp3) is 0. The van der Waals surface area contributed by atoms with Gasteiger partial charge in [-0.1, -0.05) is 0 Å². The van der Waals surface area contributed by atoms with Crippen LogP contribution in [0.25, 0.3) is 0 Å². The van der Waals surface area contributed by atoms with Gasteiger partial charge in [-0.3, -0.25) is 0 Å². The molecular formula is H9AlBPbSiTeZn. The van der Waals surface area contributed by atoms with Crippen LogP contribution in [0.5, 0.6) is 0 Å². The Labute approximate surface area is 99.3 Å². The molecule has 31 valence electrons. The van der Waals surface area contributed by atoms with Crippen LogP contribution in [0.15, 0.2) is 0 Å². The summed E-state index contributed by atoms with van der Waals surface area (Å²) in [4.78, 5) is 0. The Bertz CT molecular complexity index is 15.5. The van der Waals surface area contributed by atoms with Crippen LogP contribution in [0, 0.1) is 0 Å². The van der Waals surface area contributed by atoms with Gasteiger partial charge in [-0.2, -0.15) is 0 Å². The fourth-order valence-electron chi connectivity index (χ4n) is 0. The largest absolute Gasteiger partial charge is 0 e. The zero-order chi connectivity index (χ0) is 2.71. The molecule has 0 aromatic heterocycles. The molecule has 0 aromatic carbocycles. The van der Waals surface area contributed by atoms with E-state index in [1.54, 1.807) is 22.1 Å². The minimum atomic E-state index is 0. The number of hydrogen-bond acceptors (Lipinski definition) is 0. The van der Waals surface area contributed by atoms with Gasteiger partial charge in [-0.15, -0.1) is 0 Å². The Balaban J connectivity index is -0.00000000667. The quantitative estimate of drug-likeness (QED) is 0.312. The van der Waals surface area contributed by atoms with E-state index < -0.39 is 0 Å². The zero-order valence-electron chi connectivity index (χ0n) is 3.44. The van der Waals surface area contributed by atoms with E-state index in [1.807, 2.05) is 0 Å². The molecule has 0 rings (SSSR count). The minimum Gasteiger partial charge on any atom is 0 e. The van der Waals surface area contributed by atoms with Crippen LogP contribution < -0.4 is 0 Å².